The molecule has 0 heteroatoms. The smallest absolute Gasteiger partial charge is 0.0288 e. The minimum Gasteiger partial charge on any atom is -0.0856 e. The van der Waals surface area contributed by atoms with Gasteiger partial charge >= 0.3 is 0 Å². The van der Waals surface area contributed by atoms with E-state index in [2.05, 4.69) is 46.8 Å². The van der Waals surface area contributed by atoms with Crippen LogP contribution in [0.15, 0.2) is 23.3 Å². The highest BCUT2D eigenvalue weighted by Gasteiger charge is 1.96. The molecule has 1 atom stereocenters. The minimum atomic E-state index is 0.881. The molecule has 0 aliphatic carbocycles. The molecule has 0 nitrogen and oxygen atoms in total. The van der Waals surface area contributed by atoms with E-state index in [1.54, 1.807) is 5.57 Å². The molecule has 0 aromatic carbocycles. The van der Waals surface area contributed by atoms with Crippen molar-refractivity contribution in [2.45, 2.75) is 66.7 Å². The van der Waals surface area contributed by atoms with Crippen LogP contribution in [0.25, 0.3) is 0 Å². The van der Waals surface area contributed by atoms with Gasteiger partial charge in [-0.15, -0.1) is 0 Å². The molecule has 0 N–H and O–H groups in total. The summed E-state index contributed by atoms with van der Waals surface area (Å²) in [5.74, 6) is 0.881. The first-order chi connectivity index (χ1) is 7.06. The predicted molar refractivity (Wildman–Crippen MR) is 71.1 cm³/mol. The van der Waals surface area contributed by atoms with Crippen molar-refractivity contribution in [2.24, 2.45) is 5.92 Å². The van der Waals surface area contributed by atoms with Crippen LogP contribution in [0.1, 0.15) is 66.7 Å². The largest absolute Gasteiger partial charge is 0.0856 e. The fourth-order valence-electron chi connectivity index (χ4n) is 1.51. The highest BCUT2D eigenvalue weighted by molar-refractivity contribution is 5.02. The molecule has 0 bridgehead atoms. The average Bonchev–Trinajstić information content (AvgIpc) is 2.17. The molecule has 0 fully saturated rings. The standard InChI is InChI=1S/C15H28/c1-6-14(4)10-8-12-15(5)11-7-9-13(2)3/h9,12,14H,6-8,10-11H2,1-5H3/b15-12+. The Morgan fingerprint density at radius 1 is 1.07 bits per heavy atom. The van der Waals surface area contributed by atoms with Crippen molar-refractivity contribution in [3.63, 3.8) is 0 Å². The first-order valence-electron chi connectivity index (χ1n) is 6.35. The lowest BCUT2D eigenvalue weighted by molar-refractivity contribution is 0.521. The van der Waals surface area contributed by atoms with E-state index in [4.69, 9.17) is 0 Å². The molecule has 0 aromatic rings. The summed E-state index contributed by atoms with van der Waals surface area (Å²) in [4.78, 5) is 0. The van der Waals surface area contributed by atoms with Gasteiger partial charge in [-0.2, -0.15) is 0 Å². The molecule has 0 aliphatic heterocycles. The molecule has 15 heavy (non-hydrogen) atoms. The van der Waals surface area contributed by atoms with Crippen molar-refractivity contribution in [3.8, 4) is 0 Å². The minimum absolute atomic E-state index is 0.881. The zero-order valence-electron chi connectivity index (χ0n) is 11.3. The van der Waals surface area contributed by atoms with Crippen molar-refractivity contribution < 1.29 is 0 Å². The Balaban J connectivity index is 3.65. The molecule has 0 radical (unpaired) electrons. The Morgan fingerprint density at radius 2 is 1.73 bits per heavy atom. The van der Waals surface area contributed by atoms with Crippen LogP contribution in [0.4, 0.5) is 0 Å². The van der Waals surface area contributed by atoms with Gasteiger partial charge in [0.1, 0.15) is 0 Å². The highest BCUT2D eigenvalue weighted by Crippen LogP contribution is 2.13. The lowest BCUT2D eigenvalue weighted by Gasteiger charge is -2.05. The van der Waals surface area contributed by atoms with Gasteiger partial charge in [0.25, 0.3) is 0 Å². The molecule has 0 aromatic heterocycles. The van der Waals surface area contributed by atoms with Crippen LogP contribution in [0.3, 0.4) is 0 Å². The molecule has 0 spiro atoms. The molecule has 0 heterocycles. The van der Waals surface area contributed by atoms with Crippen molar-refractivity contribution in [1.29, 1.82) is 0 Å². The maximum absolute atomic E-state index is 2.42. The molecular formula is C15H28. The third kappa shape index (κ3) is 9.78. The SMILES string of the molecule is CCC(C)CC/C=C(\C)CCC=C(C)C. The Bertz CT molecular complexity index is 204. The third-order valence-electron chi connectivity index (χ3n) is 2.94. The maximum Gasteiger partial charge on any atom is -0.0288 e. The lowest BCUT2D eigenvalue weighted by Crippen LogP contribution is -1.90. The number of hydrogen-bond acceptors (Lipinski definition) is 0. The van der Waals surface area contributed by atoms with Gasteiger partial charge in [0.05, 0.1) is 0 Å². The summed E-state index contributed by atoms with van der Waals surface area (Å²) < 4.78 is 0. The number of allylic oxidation sites excluding steroid dienone is 4. The van der Waals surface area contributed by atoms with Gasteiger partial charge in [-0.1, -0.05) is 43.6 Å². The molecule has 1 unspecified atom stereocenters. The third-order valence-corrected chi connectivity index (χ3v) is 2.94. The fraction of sp³-hybridized carbons (Fsp3) is 0.733. The highest BCUT2D eigenvalue weighted by atomic mass is 14.0. The summed E-state index contributed by atoms with van der Waals surface area (Å²) in [6.45, 7) is 11.2. The van der Waals surface area contributed by atoms with E-state index in [9.17, 15) is 0 Å². The van der Waals surface area contributed by atoms with Gasteiger partial charge in [-0.25, -0.2) is 0 Å². The van der Waals surface area contributed by atoms with E-state index in [1.807, 2.05) is 0 Å². The van der Waals surface area contributed by atoms with E-state index < -0.39 is 0 Å². The molecule has 88 valence electrons. The van der Waals surface area contributed by atoms with E-state index >= 15 is 0 Å². The summed E-state index contributed by atoms with van der Waals surface area (Å²) in [5, 5.41) is 0. The maximum atomic E-state index is 2.42. The van der Waals surface area contributed by atoms with Crippen molar-refractivity contribution >= 4 is 0 Å². The molecular weight excluding hydrogens is 180 g/mol. The van der Waals surface area contributed by atoms with Gasteiger partial charge in [0.15, 0.2) is 0 Å². The van der Waals surface area contributed by atoms with Gasteiger partial charge in [-0.3, -0.25) is 0 Å². The second-order valence-electron chi connectivity index (χ2n) is 4.96. The van der Waals surface area contributed by atoms with E-state index in [0.29, 0.717) is 0 Å². The Labute approximate surface area is 96.5 Å². The van der Waals surface area contributed by atoms with E-state index in [0.717, 1.165) is 5.92 Å². The van der Waals surface area contributed by atoms with Crippen LogP contribution in [0, 0.1) is 5.92 Å². The summed E-state index contributed by atoms with van der Waals surface area (Å²) in [7, 11) is 0. The predicted octanol–water partition coefficient (Wildman–Crippen LogP) is 5.51. The van der Waals surface area contributed by atoms with Gasteiger partial charge in [-0.05, 0) is 52.4 Å². The van der Waals surface area contributed by atoms with E-state index in [-0.39, 0.29) is 0 Å². The van der Waals surface area contributed by atoms with Crippen LogP contribution in [-0.4, -0.2) is 0 Å². The summed E-state index contributed by atoms with van der Waals surface area (Å²) in [6.07, 6.45) is 11.1. The second kappa shape index (κ2) is 8.76. The second-order valence-corrected chi connectivity index (χ2v) is 4.96. The Kier molecular flexibility index (Phi) is 8.46. The van der Waals surface area contributed by atoms with Crippen molar-refractivity contribution in [1.82, 2.24) is 0 Å². The van der Waals surface area contributed by atoms with Gasteiger partial charge in [0.2, 0.25) is 0 Å². The number of hydrogen-bond donors (Lipinski definition) is 0. The molecule has 0 amide bonds. The van der Waals surface area contributed by atoms with Crippen LogP contribution in [-0.2, 0) is 0 Å². The summed E-state index contributed by atoms with van der Waals surface area (Å²) in [5.41, 5.74) is 2.98. The lowest BCUT2D eigenvalue weighted by atomic mass is 10.0. The zero-order valence-corrected chi connectivity index (χ0v) is 11.3. The van der Waals surface area contributed by atoms with Gasteiger partial charge < -0.3 is 0 Å². The summed E-state index contributed by atoms with van der Waals surface area (Å²) >= 11 is 0. The number of rotatable bonds is 7. The Morgan fingerprint density at radius 3 is 2.27 bits per heavy atom. The fourth-order valence-corrected chi connectivity index (χ4v) is 1.51. The van der Waals surface area contributed by atoms with Gasteiger partial charge in [0, 0.05) is 0 Å². The average molecular weight is 208 g/mol. The van der Waals surface area contributed by atoms with Crippen LogP contribution in [0.5, 0.6) is 0 Å². The quantitative estimate of drug-likeness (QED) is 0.484. The van der Waals surface area contributed by atoms with Crippen LogP contribution in [0.2, 0.25) is 0 Å². The molecule has 0 aliphatic rings. The van der Waals surface area contributed by atoms with Crippen molar-refractivity contribution in [3.05, 3.63) is 23.3 Å². The molecule has 0 rings (SSSR count). The molecule has 0 saturated carbocycles. The van der Waals surface area contributed by atoms with Crippen LogP contribution < -0.4 is 0 Å². The zero-order chi connectivity index (χ0) is 11.7. The van der Waals surface area contributed by atoms with Crippen LogP contribution >= 0.6 is 0 Å². The van der Waals surface area contributed by atoms with E-state index in [1.165, 1.54) is 37.7 Å². The topological polar surface area (TPSA) is 0 Å². The van der Waals surface area contributed by atoms with Crippen molar-refractivity contribution in [2.75, 3.05) is 0 Å². The first kappa shape index (κ1) is 14.5. The first-order valence-corrected chi connectivity index (χ1v) is 6.35. The normalized spacial score (nSPS) is 13.8. The monoisotopic (exact) mass is 208 g/mol. The summed E-state index contributed by atoms with van der Waals surface area (Å²) in [6, 6.07) is 0. The molecule has 0 saturated heterocycles. The Hall–Kier alpha value is -0.520.